The molecule has 5 heteroatoms. The lowest BCUT2D eigenvalue weighted by molar-refractivity contribution is 0.0697. The molecule has 0 amide bonds. The van der Waals surface area contributed by atoms with Crippen molar-refractivity contribution in [2.24, 2.45) is 0 Å². The number of methoxy groups -OCH3 is 1. The van der Waals surface area contributed by atoms with Gasteiger partial charge in [0.2, 0.25) is 0 Å². The Bertz CT molecular complexity index is 608. The first-order valence-electron chi connectivity index (χ1n) is 5.99. The van der Waals surface area contributed by atoms with Gasteiger partial charge in [0, 0.05) is 0 Å². The summed E-state index contributed by atoms with van der Waals surface area (Å²) in [6, 6.07) is 12.1. The van der Waals surface area contributed by atoms with Crippen molar-refractivity contribution in [2.45, 2.75) is 6.61 Å². The molecular formula is C15H15NO4. The molecule has 3 N–H and O–H groups in total. The Balaban J connectivity index is 2.10. The van der Waals surface area contributed by atoms with Gasteiger partial charge in [-0.1, -0.05) is 18.2 Å². The van der Waals surface area contributed by atoms with Crippen LogP contribution < -0.4 is 15.2 Å². The van der Waals surface area contributed by atoms with Crippen LogP contribution >= 0.6 is 0 Å². The molecule has 0 aliphatic rings. The van der Waals surface area contributed by atoms with Gasteiger partial charge < -0.3 is 20.3 Å². The lowest BCUT2D eigenvalue weighted by Gasteiger charge is -2.11. The van der Waals surface area contributed by atoms with Gasteiger partial charge in [0.25, 0.3) is 0 Å². The number of carbonyl (C=O) groups is 1. The average molecular weight is 273 g/mol. The molecule has 5 nitrogen and oxygen atoms in total. The molecule has 0 spiro atoms. The van der Waals surface area contributed by atoms with Crippen molar-refractivity contribution < 1.29 is 19.4 Å². The highest BCUT2D eigenvalue weighted by atomic mass is 16.5. The van der Waals surface area contributed by atoms with Gasteiger partial charge in [0.05, 0.1) is 18.4 Å². The summed E-state index contributed by atoms with van der Waals surface area (Å²) >= 11 is 0. The Morgan fingerprint density at radius 3 is 2.50 bits per heavy atom. The fourth-order valence-corrected chi connectivity index (χ4v) is 1.74. The molecule has 0 aromatic heterocycles. The number of anilines is 1. The SMILES string of the molecule is COc1ccc(COc2cccc(C(=O)O)c2N)cc1. The Hall–Kier alpha value is -2.69. The van der Waals surface area contributed by atoms with E-state index in [1.165, 1.54) is 6.07 Å². The van der Waals surface area contributed by atoms with Crippen molar-refractivity contribution in [3.63, 3.8) is 0 Å². The molecular weight excluding hydrogens is 258 g/mol. The molecule has 0 saturated carbocycles. The largest absolute Gasteiger partial charge is 0.497 e. The molecule has 0 fully saturated rings. The zero-order chi connectivity index (χ0) is 14.5. The molecule has 0 bridgehead atoms. The number of carboxylic acids is 1. The Morgan fingerprint density at radius 2 is 1.90 bits per heavy atom. The fraction of sp³-hybridized carbons (Fsp3) is 0.133. The lowest BCUT2D eigenvalue weighted by Crippen LogP contribution is -2.05. The minimum atomic E-state index is -1.07. The molecule has 0 atom stereocenters. The van der Waals surface area contributed by atoms with Gasteiger partial charge >= 0.3 is 5.97 Å². The van der Waals surface area contributed by atoms with E-state index in [-0.39, 0.29) is 11.3 Å². The summed E-state index contributed by atoms with van der Waals surface area (Å²) < 4.78 is 10.6. The van der Waals surface area contributed by atoms with Gasteiger partial charge in [0.15, 0.2) is 0 Å². The van der Waals surface area contributed by atoms with Crippen molar-refractivity contribution in [1.29, 1.82) is 0 Å². The molecule has 104 valence electrons. The van der Waals surface area contributed by atoms with Crippen LogP contribution in [0.15, 0.2) is 42.5 Å². The number of hydrogen-bond acceptors (Lipinski definition) is 4. The van der Waals surface area contributed by atoms with E-state index in [1.807, 2.05) is 24.3 Å². The monoisotopic (exact) mass is 273 g/mol. The summed E-state index contributed by atoms with van der Waals surface area (Å²) in [7, 11) is 1.60. The molecule has 0 radical (unpaired) electrons. The van der Waals surface area contributed by atoms with E-state index >= 15 is 0 Å². The van der Waals surface area contributed by atoms with Crippen LogP contribution in [0.25, 0.3) is 0 Å². The molecule has 2 aromatic carbocycles. The molecule has 0 aliphatic carbocycles. The van der Waals surface area contributed by atoms with Crippen LogP contribution in [0.5, 0.6) is 11.5 Å². The number of nitrogen functional groups attached to an aromatic ring is 1. The summed E-state index contributed by atoms with van der Waals surface area (Å²) in [5.41, 5.74) is 6.88. The number of nitrogens with two attached hydrogens (primary N) is 1. The molecule has 0 heterocycles. The van der Waals surface area contributed by atoms with Crippen LogP contribution in [-0.2, 0) is 6.61 Å². The van der Waals surface area contributed by atoms with Gasteiger partial charge in [-0.25, -0.2) is 4.79 Å². The van der Waals surface area contributed by atoms with Crippen LogP contribution in [0, 0.1) is 0 Å². The van der Waals surface area contributed by atoms with Crippen molar-refractivity contribution in [1.82, 2.24) is 0 Å². The Morgan fingerprint density at radius 1 is 1.20 bits per heavy atom. The summed E-state index contributed by atoms with van der Waals surface area (Å²) in [6.45, 7) is 0.303. The average Bonchev–Trinajstić information content (AvgIpc) is 2.46. The maximum atomic E-state index is 11.0. The third-order valence-electron chi connectivity index (χ3n) is 2.85. The highest BCUT2D eigenvalue weighted by molar-refractivity contribution is 5.95. The second-order valence-corrected chi connectivity index (χ2v) is 4.16. The Kier molecular flexibility index (Phi) is 4.10. The first-order chi connectivity index (χ1) is 9.61. The standard InChI is InChI=1S/C15H15NO4/c1-19-11-7-5-10(6-8-11)9-20-13-4-2-3-12(14(13)16)15(17)18/h2-8H,9,16H2,1H3,(H,17,18). The molecule has 0 unspecified atom stereocenters. The molecule has 0 aliphatic heterocycles. The number of para-hydroxylation sites is 1. The quantitative estimate of drug-likeness (QED) is 0.818. The van der Waals surface area contributed by atoms with Crippen LogP contribution in [-0.4, -0.2) is 18.2 Å². The topological polar surface area (TPSA) is 81.8 Å². The third-order valence-corrected chi connectivity index (χ3v) is 2.85. The number of rotatable bonds is 5. The highest BCUT2D eigenvalue weighted by Gasteiger charge is 2.11. The van der Waals surface area contributed by atoms with Crippen molar-refractivity contribution in [3.8, 4) is 11.5 Å². The number of benzene rings is 2. The van der Waals surface area contributed by atoms with E-state index in [0.29, 0.717) is 12.4 Å². The second kappa shape index (κ2) is 5.97. The van der Waals surface area contributed by atoms with E-state index in [9.17, 15) is 4.79 Å². The van der Waals surface area contributed by atoms with Gasteiger partial charge in [-0.05, 0) is 29.8 Å². The smallest absolute Gasteiger partial charge is 0.337 e. The van der Waals surface area contributed by atoms with E-state index < -0.39 is 5.97 Å². The lowest BCUT2D eigenvalue weighted by atomic mass is 10.1. The minimum absolute atomic E-state index is 0.0391. The van der Waals surface area contributed by atoms with Gasteiger partial charge in [0.1, 0.15) is 18.1 Å². The number of hydrogen-bond donors (Lipinski definition) is 2. The van der Waals surface area contributed by atoms with Crippen LogP contribution in [0.2, 0.25) is 0 Å². The van der Waals surface area contributed by atoms with Gasteiger partial charge in [-0.2, -0.15) is 0 Å². The predicted octanol–water partition coefficient (Wildman–Crippen LogP) is 2.55. The van der Waals surface area contributed by atoms with E-state index in [1.54, 1.807) is 19.2 Å². The highest BCUT2D eigenvalue weighted by Crippen LogP contribution is 2.26. The molecule has 0 saturated heterocycles. The maximum absolute atomic E-state index is 11.0. The summed E-state index contributed by atoms with van der Waals surface area (Å²) in [6.07, 6.45) is 0. The van der Waals surface area contributed by atoms with Crippen LogP contribution in [0.3, 0.4) is 0 Å². The first-order valence-corrected chi connectivity index (χ1v) is 5.99. The molecule has 2 aromatic rings. The summed E-state index contributed by atoms with van der Waals surface area (Å²) in [5.74, 6) is 0.0549. The number of aromatic carboxylic acids is 1. The van der Waals surface area contributed by atoms with Crippen LogP contribution in [0.4, 0.5) is 5.69 Å². The second-order valence-electron chi connectivity index (χ2n) is 4.16. The normalized spacial score (nSPS) is 10.1. The van der Waals surface area contributed by atoms with E-state index in [0.717, 1.165) is 11.3 Å². The third kappa shape index (κ3) is 3.00. The number of ether oxygens (including phenoxy) is 2. The first kappa shape index (κ1) is 13.7. The summed E-state index contributed by atoms with van der Waals surface area (Å²) in [5, 5.41) is 8.98. The zero-order valence-electron chi connectivity index (χ0n) is 11.0. The molecule has 2 rings (SSSR count). The van der Waals surface area contributed by atoms with Crippen molar-refractivity contribution in [2.75, 3.05) is 12.8 Å². The van der Waals surface area contributed by atoms with E-state index in [2.05, 4.69) is 0 Å². The van der Waals surface area contributed by atoms with E-state index in [4.69, 9.17) is 20.3 Å². The fourth-order valence-electron chi connectivity index (χ4n) is 1.74. The predicted molar refractivity (Wildman–Crippen MR) is 75.1 cm³/mol. The minimum Gasteiger partial charge on any atom is -0.497 e. The number of carboxylic acid groups (broad SMARTS) is 1. The van der Waals surface area contributed by atoms with Crippen molar-refractivity contribution in [3.05, 3.63) is 53.6 Å². The molecule has 20 heavy (non-hydrogen) atoms. The van der Waals surface area contributed by atoms with Crippen molar-refractivity contribution >= 4 is 11.7 Å². The maximum Gasteiger partial charge on any atom is 0.337 e. The van der Waals surface area contributed by atoms with Crippen LogP contribution in [0.1, 0.15) is 15.9 Å². The van der Waals surface area contributed by atoms with Gasteiger partial charge in [-0.15, -0.1) is 0 Å². The zero-order valence-corrected chi connectivity index (χ0v) is 11.0. The summed E-state index contributed by atoms with van der Waals surface area (Å²) in [4.78, 5) is 11.0. The van der Waals surface area contributed by atoms with Gasteiger partial charge in [-0.3, -0.25) is 0 Å². The Labute approximate surface area is 116 Å².